The maximum absolute atomic E-state index is 13.3. The third kappa shape index (κ3) is 4.28. The molecule has 30 heavy (non-hydrogen) atoms. The summed E-state index contributed by atoms with van der Waals surface area (Å²) < 4.78 is 28.2. The molecule has 1 aromatic carbocycles. The second-order valence-corrected chi connectivity index (χ2v) is 10.9. The molecule has 0 bridgehead atoms. The first-order valence-corrected chi connectivity index (χ1v) is 12.5. The number of rotatable bonds is 6. The minimum atomic E-state index is -3.73. The number of hydrogen-bond donors (Lipinski definition) is 2. The van der Waals surface area contributed by atoms with Gasteiger partial charge in [0.2, 0.25) is 5.91 Å². The molecule has 3 heterocycles. The van der Waals surface area contributed by atoms with E-state index in [4.69, 9.17) is 4.98 Å². The largest absolute Gasteiger partial charge is 0.342 e. The Balaban J connectivity index is 1.51. The first kappa shape index (κ1) is 21.0. The van der Waals surface area contributed by atoms with E-state index >= 15 is 0 Å². The predicted molar refractivity (Wildman–Crippen MR) is 118 cm³/mol. The molecule has 2 atom stereocenters. The van der Waals surface area contributed by atoms with Gasteiger partial charge in [-0.05, 0) is 42.3 Å². The second-order valence-electron chi connectivity index (χ2n) is 8.04. The number of imidazole rings is 1. The summed E-state index contributed by atoms with van der Waals surface area (Å²) in [6, 6.07) is 10.3. The minimum Gasteiger partial charge on any atom is -0.342 e. The third-order valence-electron chi connectivity index (χ3n) is 5.50. The molecule has 2 unspecified atom stereocenters. The molecule has 3 aromatic rings. The van der Waals surface area contributed by atoms with Gasteiger partial charge < -0.3 is 9.88 Å². The lowest BCUT2D eigenvalue weighted by molar-refractivity contribution is -0.135. The smallest absolute Gasteiger partial charge is 0.250 e. The number of aromatic nitrogens is 2. The standard InChI is InChI=1S/C21H26N4O3S2/c1-14(2)19(24-30(27,28)18-10-6-12-29-18)21(26)25-11-5-7-15(13-25)20-22-16-8-3-4-9-17(16)23-20/h3-4,6,8-10,12,14-15,19,24H,5,7,11,13H2,1-2H3,(H,22,23). The molecule has 7 nitrogen and oxygen atoms in total. The molecule has 1 saturated heterocycles. The van der Waals surface area contributed by atoms with Crippen LogP contribution in [0.25, 0.3) is 11.0 Å². The van der Waals surface area contributed by atoms with Gasteiger partial charge in [-0.1, -0.05) is 32.0 Å². The molecule has 0 saturated carbocycles. The molecule has 2 aromatic heterocycles. The Hall–Kier alpha value is -2.23. The van der Waals surface area contributed by atoms with E-state index in [0.717, 1.165) is 41.0 Å². The van der Waals surface area contributed by atoms with E-state index in [1.54, 1.807) is 22.4 Å². The molecule has 4 rings (SSSR count). The van der Waals surface area contributed by atoms with Gasteiger partial charge in [0.15, 0.2) is 0 Å². The maximum Gasteiger partial charge on any atom is 0.250 e. The van der Waals surface area contributed by atoms with E-state index in [-0.39, 0.29) is 22.0 Å². The zero-order valence-electron chi connectivity index (χ0n) is 17.0. The lowest BCUT2D eigenvalue weighted by Gasteiger charge is -2.35. The van der Waals surface area contributed by atoms with Crippen LogP contribution < -0.4 is 4.72 Å². The highest BCUT2D eigenvalue weighted by molar-refractivity contribution is 7.91. The normalized spacial score (nSPS) is 18.8. The van der Waals surface area contributed by atoms with Crippen LogP contribution >= 0.6 is 11.3 Å². The van der Waals surface area contributed by atoms with Crippen LogP contribution in [0.2, 0.25) is 0 Å². The summed E-state index contributed by atoms with van der Waals surface area (Å²) in [5.41, 5.74) is 1.90. The maximum atomic E-state index is 13.3. The van der Waals surface area contributed by atoms with Gasteiger partial charge in [-0.3, -0.25) is 4.79 Å². The van der Waals surface area contributed by atoms with Crippen molar-refractivity contribution in [1.82, 2.24) is 19.6 Å². The molecule has 2 N–H and O–H groups in total. The summed E-state index contributed by atoms with van der Waals surface area (Å²) in [6.07, 6.45) is 1.80. The zero-order valence-corrected chi connectivity index (χ0v) is 18.7. The average Bonchev–Trinajstić information content (AvgIpc) is 3.41. The predicted octanol–water partition coefficient (Wildman–Crippen LogP) is 3.33. The van der Waals surface area contributed by atoms with Crippen molar-refractivity contribution in [2.45, 2.75) is 42.9 Å². The summed E-state index contributed by atoms with van der Waals surface area (Å²) in [5, 5.41) is 1.71. The zero-order chi connectivity index (χ0) is 21.3. The average molecular weight is 447 g/mol. The topological polar surface area (TPSA) is 95.2 Å². The number of carbonyl (C=O) groups is 1. The number of aromatic amines is 1. The SMILES string of the molecule is CC(C)C(NS(=O)(=O)c1cccs1)C(=O)N1CCCC(c2nc3ccccc3[nH]2)C1. The Morgan fingerprint density at radius 1 is 1.27 bits per heavy atom. The number of thiophene rings is 1. The van der Waals surface area contributed by atoms with Gasteiger partial charge in [-0.15, -0.1) is 11.3 Å². The highest BCUT2D eigenvalue weighted by Gasteiger charge is 2.35. The van der Waals surface area contributed by atoms with Crippen LogP contribution in [0.1, 0.15) is 38.4 Å². The van der Waals surface area contributed by atoms with Gasteiger partial charge >= 0.3 is 0 Å². The van der Waals surface area contributed by atoms with E-state index in [9.17, 15) is 13.2 Å². The van der Waals surface area contributed by atoms with Crippen LogP contribution in [0.4, 0.5) is 0 Å². The van der Waals surface area contributed by atoms with Crippen LogP contribution in [-0.4, -0.2) is 48.3 Å². The van der Waals surface area contributed by atoms with Crippen molar-refractivity contribution in [1.29, 1.82) is 0 Å². The minimum absolute atomic E-state index is 0.108. The van der Waals surface area contributed by atoms with E-state index < -0.39 is 16.1 Å². The number of nitrogens with one attached hydrogen (secondary N) is 2. The van der Waals surface area contributed by atoms with Gasteiger partial charge in [-0.2, -0.15) is 4.72 Å². The lowest BCUT2D eigenvalue weighted by Crippen LogP contribution is -2.53. The van der Waals surface area contributed by atoms with Crippen molar-refractivity contribution in [2.75, 3.05) is 13.1 Å². The molecular weight excluding hydrogens is 420 g/mol. The van der Waals surface area contributed by atoms with Gasteiger partial charge in [0.1, 0.15) is 16.1 Å². The van der Waals surface area contributed by atoms with Gasteiger partial charge in [0.25, 0.3) is 10.0 Å². The molecule has 1 fully saturated rings. The number of fused-ring (bicyclic) bond motifs is 1. The molecule has 0 spiro atoms. The number of benzene rings is 1. The van der Waals surface area contributed by atoms with Crippen molar-refractivity contribution >= 4 is 38.3 Å². The van der Waals surface area contributed by atoms with Crippen LogP contribution in [0.5, 0.6) is 0 Å². The summed E-state index contributed by atoms with van der Waals surface area (Å²) in [5.74, 6) is 0.649. The molecule has 1 aliphatic heterocycles. The van der Waals surface area contributed by atoms with Crippen molar-refractivity contribution in [3.63, 3.8) is 0 Å². The van der Waals surface area contributed by atoms with E-state index in [1.165, 1.54) is 0 Å². The van der Waals surface area contributed by atoms with Crippen molar-refractivity contribution in [2.24, 2.45) is 5.92 Å². The van der Waals surface area contributed by atoms with Crippen LogP contribution in [0.15, 0.2) is 46.0 Å². The number of likely N-dealkylation sites (tertiary alicyclic amines) is 1. The van der Waals surface area contributed by atoms with Gasteiger partial charge in [0, 0.05) is 19.0 Å². The van der Waals surface area contributed by atoms with Crippen LogP contribution in [-0.2, 0) is 14.8 Å². The number of amides is 1. The Morgan fingerprint density at radius 2 is 2.07 bits per heavy atom. The first-order chi connectivity index (χ1) is 14.3. The molecule has 160 valence electrons. The Labute approximate surface area is 180 Å². The fourth-order valence-electron chi connectivity index (χ4n) is 3.88. The van der Waals surface area contributed by atoms with Gasteiger partial charge in [-0.25, -0.2) is 13.4 Å². The molecule has 0 radical (unpaired) electrons. The summed E-state index contributed by atoms with van der Waals surface area (Å²) in [7, 11) is -3.73. The van der Waals surface area contributed by atoms with Crippen molar-refractivity contribution in [3.05, 3.63) is 47.6 Å². The highest BCUT2D eigenvalue weighted by Crippen LogP contribution is 2.28. The van der Waals surface area contributed by atoms with Crippen LogP contribution in [0, 0.1) is 5.92 Å². The number of nitrogens with zero attached hydrogens (tertiary/aromatic N) is 2. The molecule has 9 heteroatoms. The quantitative estimate of drug-likeness (QED) is 0.607. The number of piperidine rings is 1. The molecule has 0 aliphatic carbocycles. The molecule has 1 amide bonds. The Bertz CT molecular complexity index is 1090. The van der Waals surface area contributed by atoms with Gasteiger partial charge in [0.05, 0.1) is 11.0 Å². The number of para-hydroxylation sites is 2. The summed E-state index contributed by atoms with van der Waals surface area (Å²) in [6.45, 7) is 4.88. The van der Waals surface area contributed by atoms with Crippen molar-refractivity contribution in [3.8, 4) is 0 Å². The molecular formula is C21H26N4O3S2. The second kappa shape index (κ2) is 8.49. The summed E-state index contributed by atoms with van der Waals surface area (Å²) >= 11 is 1.14. The highest BCUT2D eigenvalue weighted by atomic mass is 32.2. The third-order valence-corrected chi connectivity index (χ3v) is 8.34. The van der Waals surface area contributed by atoms with E-state index in [0.29, 0.717) is 13.1 Å². The van der Waals surface area contributed by atoms with E-state index in [2.05, 4.69) is 9.71 Å². The Kier molecular flexibility index (Phi) is 5.95. The van der Waals surface area contributed by atoms with E-state index in [1.807, 2.05) is 38.1 Å². The lowest BCUT2D eigenvalue weighted by atomic mass is 9.95. The summed E-state index contributed by atoms with van der Waals surface area (Å²) in [4.78, 5) is 23.2. The van der Waals surface area contributed by atoms with Crippen molar-refractivity contribution < 1.29 is 13.2 Å². The fourth-order valence-corrected chi connectivity index (χ4v) is 6.22. The first-order valence-electron chi connectivity index (χ1n) is 10.1. The Morgan fingerprint density at radius 3 is 2.77 bits per heavy atom. The van der Waals surface area contributed by atoms with Crippen LogP contribution in [0.3, 0.4) is 0 Å². The fraction of sp³-hybridized carbons (Fsp3) is 0.429. The number of carbonyl (C=O) groups excluding carboxylic acids is 1. The number of sulfonamides is 1. The number of H-pyrrole nitrogens is 1. The monoisotopic (exact) mass is 446 g/mol. The number of hydrogen-bond acceptors (Lipinski definition) is 5. The molecule has 1 aliphatic rings.